The van der Waals surface area contributed by atoms with Gasteiger partial charge in [0.15, 0.2) is 0 Å². The Morgan fingerprint density at radius 2 is 1.53 bits per heavy atom. The van der Waals surface area contributed by atoms with Gasteiger partial charge in [-0.1, -0.05) is 12.1 Å². The van der Waals surface area contributed by atoms with E-state index >= 15 is 0 Å². The summed E-state index contributed by atoms with van der Waals surface area (Å²) >= 11 is 0. The Morgan fingerprint density at radius 1 is 0.967 bits per heavy atom. The molecule has 0 spiro atoms. The number of benzene rings is 1. The first-order valence-electron chi connectivity index (χ1n) is 10.6. The highest BCUT2D eigenvalue weighted by atomic mass is 16.6. The standard InChI is InChI=1S/C23H37N3O4/c1-22(2,3)29-18-10-8-17(9-11-18)16-19(24-21(28)30-23(4,5)6)20(27)26-14-12-25(7)13-15-26/h8-11,19H,12-16H2,1-7H3,(H,24,28)/t19-/m0/s1. The van der Waals surface area contributed by atoms with Crippen LogP contribution < -0.4 is 10.1 Å². The largest absolute Gasteiger partial charge is 0.488 e. The molecule has 0 unspecified atom stereocenters. The normalized spacial score (nSPS) is 16.7. The van der Waals surface area contributed by atoms with Crippen LogP contribution in [0.5, 0.6) is 5.75 Å². The molecule has 7 nitrogen and oxygen atoms in total. The molecule has 0 aromatic heterocycles. The molecule has 0 bridgehead atoms. The SMILES string of the molecule is CN1CCN(C(=O)[C@H](Cc2ccc(OC(C)(C)C)cc2)NC(=O)OC(C)(C)C)CC1. The number of piperazine rings is 1. The van der Waals surface area contributed by atoms with Crippen LogP contribution in [0.3, 0.4) is 0 Å². The summed E-state index contributed by atoms with van der Waals surface area (Å²) in [5.41, 5.74) is 0.0387. The summed E-state index contributed by atoms with van der Waals surface area (Å²) in [7, 11) is 2.04. The summed E-state index contributed by atoms with van der Waals surface area (Å²) in [6, 6.07) is 6.97. The van der Waals surface area contributed by atoms with Crippen LogP contribution in [0.2, 0.25) is 0 Å². The molecule has 1 saturated heterocycles. The lowest BCUT2D eigenvalue weighted by Gasteiger charge is -2.35. The zero-order chi connectivity index (χ0) is 22.5. The Labute approximate surface area is 180 Å². The van der Waals surface area contributed by atoms with E-state index in [4.69, 9.17) is 9.47 Å². The second-order valence-corrected chi connectivity index (χ2v) is 9.89. The topological polar surface area (TPSA) is 71.1 Å². The van der Waals surface area contributed by atoms with Gasteiger partial charge in [-0.05, 0) is 66.3 Å². The fourth-order valence-electron chi connectivity index (χ4n) is 3.18. The first kappa shape index (κ1) is 24.0. The summed E-state index contributed by atoms with van der Waals surface area (Å²) in [5.74, 6) is 0.692. The molecule has 1 aliphatic rings. The number of carbonyl (C=O) groups is 2. The van der Waals surface area contributed by atoms with Crippen molar-refractivity contribution >= 4 is 12.0 Å². The summed E-state index contributed by atoms with van der Waals surface area (Å²) in [5, 5.41) is 2.79. The van der Waals surface area contributed by atoms with Crippen molar-refractivity contribution < 1.29 is 19.1 Å². The first-order valence-corrected chi connectivity index (χ1v) is 10.6. The molecule has 1 N–H and O–H groups in total. The molecule has 2 amide bonds. The van der Waals surface area contributed by atoms with E-state index in [1.54, 1.807) is 20.8 Å². The number of ether oxygens (including phenoxy) is 2. The summed E-state index contributed by atoms with van der Waals surface area (Å²) in [6.45, 7) is 14.4. The molecule has 1 heterocycles. The number of likely N-dealkylation sites (N-methyl/N-ethyl adjacent to an activating group) is 1. The number of alkyl carbamates (subject to hydrolysis) is 1. The summed E-state index contributed by atoms with van der Waals surface area (Å²) in [6.07, 6.45) is -0.192. The van der Waals surface area contributed by atoms with Crippen LogP contribution in [0.15, 0.2) is 24.3 Å². The van der Waals surface area contributed by atoms with Crippen LogP contribution in [0.25, 0.3) is 0 Å². The highest BCUT2D eigenvalue weighted by molar-refractivity contribution is 5.86. The van der Waals surface area contributed by atoms with Gasteiger partial charge in [0.25, 0.3) is 0 Å². The monoisotopic (exact) mass is 419 g/mol. The lowest BCUT2D eigenvalue weighted by atomic mass is 10.0. The van der Waals surface area contributed by atoms with Gasteiger partial charge in [-0.3, -0.25) is 4.79 Å². The molecule has 0 radical (unpaired) electrons. The molecule has 168 valence electrons. The predicted octanol–water partition coefficient (Wildman–Crippen LogP) is 3.07. The van der Waals surface area contributed by atoms with E-state index in [0.717, 1.165) is 24.4 Å². The Balaban J connectivity index is 2.12. The third-order valence-corrected chi connectivity index (χ3v) is 4.59. The minimum absolute atomic E-state index is 0.0797. The Hall–Kier alpha value is -2.28. The molecule has 1 aliphatic heterocycles. The molecule has 0 aliphatic carbocycles. The maximum absolute atomic E-state index is 13.2. The third-order valence-electron chi connectivity index (χ3n) is 4.59. The second kappa shape index (κ2) is 9.69. The van der Waals surface area contributed by atoms with Crippen molar-refractivity contribution in [2.24, 2.45) is 0 Å². The fraction of sp³-hybridized carbons (Fsp3) is 0.652. The van der Waals surface area contributed by atoms with Crippen LogP contribution in [-0.4, -0.2) is 72.3 Å². The van der Waals surface area contributed by atoms with E-state index in [9.17, 15) is 9.59 Å². The minimum atomic E-state index is -0.683. The van der Waals surface area contributed by atoms with E-state index in [2.05, 4.69) is 10.2 Å². The van der Waals surface area contributed by atoms with E-state index < -0.39 is 17.7 Å². The molecule has 0 saturated carbocycles. The molecule has 1 atom stereocenters. The van der Waals surface area contributed by atoms with Crippen LogP contribution in [-0.2, 0) is 16.0 Å². The van der Waals surface area contributed by atoms with Gasteiger partial charge < -0.3 is 24.6 Å². The maximum Gasteiger partial charge on any atom is 0.408 e. The number of amides is 2. The van der Waals surface area contributed by atoms with E-state index in [-0.39, 0.29) is 11.5 Å². The average molecular weight is 420 g/mol. The zero-order valence-electron chi connectivity index (χ0n) is 19.4. The fourth-order valence-corrected chi connectivity index (χ4v) is 3.18. The maximum atomic E-state index is 13.2. The van der Waals surface area contributed by atoms with E-state index in [1.807, 2.05) is 57.0 Å². The number of carbonyl (C=O) groups excluding carboxylic acids is 2. The van der Waals surface area contributed by atoms with Gasteiger partial charge in [0.1, 0.15) is 23.0 Å². The van der Waals surface area contributed by atoms with Gasteiger partial charge in [0, 0.05) is 32.6 Å². The van der Waals surface area contributed by atoms with Crippen molar-refractivity contribution in [2.45, 2.75) is 65.2 Å². The molecular formula is C23H37N3O4. The van der Waals surface area contributed by atoms with Crippen LogP contribution in [0, 0.1) is 0 Å². The van der Waals surface area contributed by atoms with Gasteiger partial charge >= 0.3 is 6.09 Å². The predicted molar refractivity (Wildman–Crippen MR) is 118 cm³/mol. The zero-order valence-corrected chi connectivity index (χ0v) is 19.4. The van der Waals surface area contributed by atoms with Crippen molar-refractivity contribution in [3.8, 4) is 5.75 Å². The number of rotatable bonds is 5. The number of nitrogens with zero attached hydrogens (tertiary/aromatic N) is 2. The lowest BCUT2D eigenvalue weighted by molar-refractivity contribution is -0.135. The Morgan fingerprint density at radius 3 is 2.03 bits per heavy atom. The van der Waals surface area contributed by atoms with Crippen molar-refractivity contribution in [1.29, 1.82) is 0 Å². The number of nitrogens with one attached hydrogen (secondary N) is 1. The van der Waals surface area contributed by atoms with Gasteiger partial charge in [0.05, 0.1) is 0 Å². The van der Waals surface area contributed by atoms with Gasteiger partial charge in [-0.25, -0.2) is 4.79 Å². The van der Waals surface area contributed by atoms with E-state index in [0.29, 0.717) is 19.5 Å². The van der Waals surface area contributed by atoms with Gasteiger partial charge in [0.2, 0.25) is 5.91 Å². The molecule has 1 aromatic rings. The second-order valence-electron chi connectivity index (χ2n) is 9.89. The highest BCUT2D eigenvalue weighted by Crippen LogP contribution is 2.19. The minimum Gasteiger partial charge on any atom is -0.488 e. The van der Waals surface area contributed by atoms with Gasteiger partial charge in [-0.15, -0.1) is 0 Å². The van der Waals surface area contributed by atoms with Crippen molar-refractivity contribution in [1.82, 2.24) is 15.1 Å². The van der Waals surface area contributed by atoms with Gasteiger partial charge in [-0.2, -0.15) is 0 Å². The average Bonchev–Trinajstić information content (AvgIpc) is 2.60. The van der Waals surface area contributed by atoms with E-state index in [1.165, 1.54) is 0 Å². The molecule has 1 aromatic carbocycles. The molecule has 1 fully saturated rings. The Kier molecular flexibility index (Phi) is 7.75. The summed E-state index contributed by atoms with van der Waals surface area (Å²) < 4.78 is 11.2. The van der Waals surface area contributed by atoms with Crippen LogP contribution in [0.4, 0.5) is 4.79 Å². The lowest BCUT2D eigenvalue weighted by Crippen LogP contribution is -2.55. The summed E-state index contributed by atoms with van der Waals surface area (Å²) in [4.78, 5) is 29.6. The Bertz CT molecular complexity index is 711. The molecular weight excluding hydrogens is 382 g/mol. The number of hydrogen-bond donors (Lipinski definition) is 1. The molecule has 7 heteroatoms. The van der Waals surface area contributed by atoms with Crippen molar-refractivity contribution in [3.05, 3.63) is 29.8 Å². The van der Waals surface area contributed by atoms with Crippen molar-refractivity contribution in [3.63, 3.8) is 0 Å². The number of hydrogen-bond acceptors (Lipinski definition) is 5. The first-order chi connectivity index (χ1) is 13.8. The molecule has 2 rings (SSSR count). The van der Waals surface area contributed by atoms with Crippen molar-refractivity contribution in [2.75, 3.05) is 33.2 Å². The van der Waals surface area contributed by atoms with Crippen LogP contribution >= 0.6 is 0 Å². The quantitative estimate of drug-likeness (QED) is 0.794. The van der Waals surface area contributed by atoms with Crippen LogP contribution in [0.1, 0.15) is 47.1 Å². The highest BCUT2D eigenvalue weighted by Gasteiger charge is 2.30. The molecule has 30 heavy (non-hydrogen) atoms. The smallest absolute Gasteiger partial charge is 0.408 e. The third kappa shape index (κ3) is 8.22.